The molecule has 1 saturated heterocycles. The molecule has 1 heterocycles. The Labute approximate surface area is 229 Å². The summed E-state index contributed by atoms with van der Waals surface area (Å²) in [7, 11) is -3.78. The van der Waals surface area contributed by atoms with Gasteiger partial charge in [-0.25, -0.2) is 8.42 Å². The summed E-state index contributed by atoms with van der Waals surface area (Å²) in [6.07, 6.45) is 3.93. The zero-order valence-electron chi connectivity index (χ0n) is 21.0. The molecule has 37 heavy (non-hydrogen) atoms. The maximum absolute atomic E-state index is 14.2. The molecule has 0 aromatic heterocycles. The van der Waals surface area contributed by atoms with Crippen molar-refractivity contribution < 1.29 is 18.0 Å². The second-order valence-corrected chi connectivity index (χ2v) is 13.1. The fourth-order valence-corrected chi connectivity index (χ4v) is 7.07. The van der Waals surface area contributed by atoms with Gasteiger partial charge in [-0.2, -0.15) is 0 Å². The predicted octanol–water partition coefficient (Wildman–Crippen LogP) is 6.02. The minimum Gasteiger partial charge on any atom is -0.323 e. The first-order chi connectivity index (χ1) is 17.5. The highest BCUT2D eigenvalue weighted by atomic mass is 35.5. The number of nitrogens with zero attached hydrogens (tertiary/aromatic N) is 1. The normalized spacial score (nSPS) is 25.0. The maximum Gasteiger partial charge on any atom is 0.256 e. The number of hydrogen-bond acceptors (Lipinski definition) is 4. The molecule has 0 unspecified atom stereocenters. The van der Waals surface area contributed by atoms with Gasteiger partial charge in [-0.3, -0.25) is 14.3 Å². The van der Waals surface area contributed by atoms with Gasteiger partial charge in [-0.15, -0.1) is 6.58 Å². The topological polar surface area (TPSA) is 83.6 Å². The number of benzene rings is 2. The Balaban J connectivity index is 1.87. The number of sulfonamides is 1. The fourth-order valence-electron chi connectivity index (χ4n) is 5.41. The first-order valence-corrected chi connectivity index (χ1v) is 14.8. The molecule has 1 saturated carbocycles. The fraction of sp³-hybridized carbons (Fsp3) is 0.429. The van der Waals surface area contributed by atoms with Crippen molar-refractivity contribution in [3.05, 3.63) is 82.4 Å². The standard InChI is InChI=1S/C28H32Cl2N2O4S/c1-4-15-28(3)17-23(19-7-6-8-21(30)16-19)25(18-9-11-20(29)12-10-18)32(27(28)34)24(5-2)26(33)31-37(35,36)22-13-14-22/h4,6-12,16,22-25H,1,5,13-15,17H2,2-3H3,(H,31,33)/t23-,24+,25-,28+/m0/s1. The Bertz CT molecular complexity index is 1290. The number of likely N-dealkylation sites (tertiary alicyclic amines) is 1. The first kappa shape index (κ1) is 27.7. The molecule has 0 radical (unpaired) electrons. The highest BCUT2D eigenvalue weighted by Crippen LogP contribution is 2.52. The number of carbonyl (C=O) groups excluding carboxylic acids is 2. The van der Waals surface area contributed by atoms with Crippen molar-refractivity contribution >= 4 is 45.0 Å². The SMILES string of the molecule is C=CC[C@]1(C)C[C@@H](c2cccc(Cl)c2)[C@H](c2ccc(Cl)cc2)N([C@H](CC)C(=O)NS(=O)(=O)C2CC2)C1=O. The molecule has 2 aromatic carbocycles. The van der Waals surface area contributed by atoms with E-state index in [1.165, 1.54) is 0 Å². The number of allylic oxidation sites excluding steroid dienone is 1. The molecule has 9 heteroatoms. The van der Waals surface area contributed by atoms with Crippen LogP contribution in [0.1, 0.15) is 69.0 Å². The van der Waals surface area contributed by atoms with Gasteiger partial charge in [0.1, 0.15) is 6.04 Å². The number of piperidine rings is 1. The van der Waals surface area contributed by atoms with E-state index < -0.39 is 38.7 Å². The van der Waals surface area contributed by atoms with Gasteiger partial charge in [0.25, 0.3) is 5.91 Å². The molecule has 0 bridgehead atoms. The lowest BCUT2D eigenvalue weighted by Gasteiger charge is -2.51. The third kappa shape index (κ3) is 5.74. The number of halogens is 2. The van der Waals surface area contributed by atoms with Crippen molar-refractivity contribution in [2.24, 2.45) is 5.41 Å². The second kappa shape index (κ2) is 10.8. The summed E-state index contributed by atoms with van der Waals surface area (Å²) in [6, 6.07) is 13.2. The number of nitrogens with one attached hydrogen (secondary N) is 1. The summed E-state index contributed by atoms with van der Waals surface area (Å²) >= 11 is 12.6. The van der Waals surface area contributed by atoms with Gasteiger partial charge in [0.2, 0.25) is 15.9 Å². The van der Waals surface area contributed by atoms with E-state index in [-0.39, 0.29) is 18.2 Å². The Morgan fingerprint density at radius 2 is 1.84 bits per heavy atom. The monoisotopic (exact) mass is 562 g/mol. The lowest BCUT2D eigenvalue weighted by molar-refractivity contribution is -0.158. The van der Waals surface area contributed by atoms with Crippen LogP contribution in [0.25, 0.3) is 0 Å². The van der Waals surface area contributed by atoms with Crippen molar-refractivity contribution in [2.75, 3.05) is 0 Å². The van der Waals surface area contributed by atoms with Gasteiger partial charge in [0.15, 0.2) is 0 Å². The second-order valence-electron chi connectivity index (χ2n) is 10.3. The Morgan fingerprint density at radius 1 is 1.16 bits per heavy atom. The van der Waals surface area contributed by atoms with E-state index >= 15 is 0 Å². The minimum absolute atomic E-state index is 0.212. The smallest absolute Gasteiger partial charge is 0.256 e. The van der Waals surface area contributed by atoms with Crippen LogP contribution < -0.4 is 4.72 Å². The highest BCUT2D eigenvalue weighted by molar-refractivity contribution is 7.90. The van der Waals surface area contributed by atoms with Crippen molar-refractivity contribution in [3.63, 3.8) is 0 Å². The predicted molar refractivity (Wildman–Crippen MR) is 147 cm³/mol. The van der Waals surface area contributed by atoms with Gasteiger partial charge in [-0.05, 0) is 67.5 Å². The average Bonchev–Trinajstić information content (AvgIpc) is 3.69. The van der Waals surface area contributed by atoms with Gasteiger partial charge in [0.05, 0.1) is 16.7 Å². The maximum atomic E-state index is 14.2. The van der Waals surface area contributed by atoms with E-state index in [1.54, 1.807) is 36.1 Å². The van der Waals surface area contributed by atoms with Crippen LogP contribution >= 0.6 is 23.2 Å². The summed E-state index contributed by atoms with van der Waals surface area (Å²) in [6.45, 7) is 7.53. The van der Waals surface area contributed by atoms with Crippen LogP contribution in [0.4, 0.5) is 0 Å². The first-order valence-electron chi connectivity index (χ1n) is 12.5. The molecule has 1 aliphatic carbocycles. The minimum atomic E-state index is -3.78. The van der Waals surface area contributed by atoms with E-state index in [0.29, 0.717) is 35.7 Å². The number of rotatable bonds is 9. The summed E-state index contributed by atoms with van der Waals surface area (Å²) < 4.78 is 27.6. The van der Waals surface area contributed by atoms with E-state index in [9.17, 15) is 18.0 Å². The number of carbonyl (C=O) groups is 2. The molecule has 4 atom stereocenters. The van der Waals surface area contributed by atoms with Crippen LogP contribution in [0, 0.1) is 5.41 Å². The van der Waals surface area contributed by atoms with Gasteiger partial charge in [-0.1, -0.05) is 67.4 Å². The molecule has 6 nitrogen and oxygen atoms in total. The molecule has 198 valence electrons. The summed E-state index contributed by atoms with van der Waals surface area (Å²) in [4.78, 5) is 29.4. The van der Waals surface area contributed by atoms with E-state index in [1.807, 2.05) is 37.3 Å². The molecule has 2 fully saturated rings. The van der Waals surface area contributed by atoms with Crippen LogP contribution in [-0.2, 0) is 19.6 Å². The summed E-state index contributed by atoms with van der Waals surface area (Å²) in [5.41, 5.74) is 0.890. The Kier molecular flexibility index (Phi) is 8.07. The van der Waals surface area contributed by atoms with Crippen LogP contribution in [0.2, 0.25) is 10.0 Å². The number of amides is 2. The Hall–Kier alpha value is -2.35. The third-order valence-electron chi connectivity index (χ3n) is 7.42. The third-order valence-corrected chi connectivity index (χ3v) is 9.74. The molecule has 4 rings (SSSR count). The molecule has 2 aliphatic rings. The van der Waals surface area contributed by atoms with Crippen LogP contribution in [-0.4, -0.2) is 36.4 Å². The van der Waals surface area contributed by atoms with Crippen molar-refractivity contribution in [3.8, 4) is 0 Å². The lowest BCUT2D eigenvalue weighted by Crippen LogP contribution is -2.59. The van der Waals surface area contributed by atoms with Gasteiger partial charge in [0, 0.05) is 16.0 Å². The molecule has 1 aliphatic heterocycles. The molecule has 1 N–H and O–H groups in total. The molecule has 2 aromatic rings. The van der Waals surface area contributed by atoms with E-state index in [2.05, 4.69) is 11.3 Å². The van der Waals surface area contributed by atoms with Crippen molar-refractivity contribution in [2.45, 2.75) is 69.2 Å². The number of hydrogen-bond donors (Lipinski definition) is 1. The van der Waals surface area contributed by atoms with Crippen LogP contribution in [0.5, 0.6) is 0 Å². The quantitative estimate of drug-likeness (QED) is 0.379. The van der Waals surface area contributed by atoms with Gasteiger partial charge >= 0.3 is 0 Å². The summed E-state index contributed by atoms with van der Waals surface area (Å²) in [5, 5.41) is 0.568. The zero-order valence-corrected chi connectivity index (χ0v) is 23.3. The largest absolute Gasteiger partial charge is 0.323 e. The van der Waals surface area contributed by atoms with Crippen molar-refractivity contribution in [1.82, 2.24) is 9.62 Å². The molecular formula is C28H32Cl2N2O4S. The Morgan fingerprint density at radius 3 is 2.41 bits per heavy atom. The lowest BCUT2D eigenvalue weighted by atomic mass is 9.67. The molecular weight excluding hydrogens is 531 g/mol. The van der Waals surface area contributed by atoms with E-state index in [4.69, 9.17) is 23.2 Å². The average molecular weight is 564 g/mol. The van der Waals surface area contributed by atoms with E-state index in [0.717, 1.165) is 11.1 Å². The van der Waals surface area contributed by atoms with Crippen LogP contribution in [0.15, 0.2) is 61.2 Å². The highest BCUT2D eigenvalue weighted by Gasteiger charge is 2.52. The van der Waals surface area contributed by atoms with Gasteiger partial charge < -0.3 is 4.90 Å². The summed E-state index contributed by atoms with van der Waals surface area (Å²) in [5.74, 6) is -1.12. The zero-order chi connectivity index (χ0) is 27.0. The molecule has 2 amide bonds. The van der Waals surface area contributed by atoms with Crippen LogP contribution in [0.3, 0.4) is 0 Å². The van der Waals surface area contributed by atoms with Crippen molar-refractivity contribution in [1.29, 1.82) is 0 Å². The molecule has 0 spiro atoms.